The van der Waals surface area contributed by atoms with Crippen molar-refractivity contribution in [3.05, 3.63) is 16.1 Å². The minimum atomic E-state index is -1.05. The lowest BCUT2D eigenvalue weighted by atomic mass is 10.2. The molecule has 0 radical (unpaired) electrons. The number of hydrogen-bond acceptors (Lipinski definition) is 5. The number of nitrogens with zero attached hydrogens (tertiary/aromatic N) is 1. The Hall–Kier alpha value is -0.980. The topological polar surface area (TPSA) is 82.5 Å². The molecule has 0 aliphatic carbocycles. The Morgan fingerprint density at radius 1 is 1.67 bits per heavy atom. The lowest BCUT2D eigenvalue weighted by Crippen LogP contribution is -2.34. The van der Waals surface area contributed by atoms with E-state index in [0.717, 1.165) is 4.88 Å². The number of nitrogens with one attached hydrogen (secondary N) is 1. The van der Waals surface area contributed by atoms with Gasteiger partial charge in [0, 0.05) is 24.5 Å². The van der Waals surface area contributed by atoms with Gasteiger partial charge < -0.3 is 15.5 Å². The van der Waals surface area contributed by atoms with Crippen molar-refractivity contribution in [2.45, 2.75) is 26.1 Å². The molecule has 84 valence electrons. The first-order valence-corrected chi connectivity index (χ1v) is 5.35. The fraction of sp³-hybridized carbons (Fsp3) is 0.556. The molecule has 0 fully saturated rings. The Morgan fingerprint density at radius 3 is 2.80 bits per heavy atom. The van der Waals surface area contributed by atoms with E-state index in [1.807, 2.05) is 6.92 Å². The van der Waals surface area contributed by atoms with Crippen molar-refractivity contribution in [3.63, 3.8) is 0 Å². The largest absolute Gasteiger partial charge is 0.388 e. The predicted molar refractivity (Wildman–Crippen MR) is 56.5 cm³/mol. The lowest BCUT2D eigenvalue weighted by Gasteiger charge is -2.15. The number of carbonyl (C=O) groups excluding carboxylic acids is 1. The highest BCUT2D eigenvalue weighted by atomic mass is 32.1. The van der Waals surface area contributed by atoms with Crippen LogP contribution in [-0.4, -0.2) is 33.8 Å². The van der Waals surface area contributed by atoms with Crippen LogP contribution in [0.2, 0.25) is 0 Å². The van der Waals surface area contributed by atoms with Crippen LogP contribution >= 0.6 is 11.3 Å². The van der Waals surface area contributed by atoms with Gasteiger partial charge in [-0.25, -0.2) is 4.98 Å². The SMILES string of the molecule is CC(=O)NCC(O)C(O)c1ncc(C)s1. The summed E-state index contributed by atoms with van der Waals surface area (Å²) in [5.74, 6) is -0.239. The number of carbonyl (C=O) groups is 1. The van der Waals surface area contributed by atoms with E-state index in [2.05, 4.69) is 10.3 Å². The predicted octanol–water partition coefficient (Wildman–Crippen LogP) is -0.0181. The molecule has 2 unspecified atom stereocenters. The average Bonchev–Trinajstić information content (AvgIpc) is 2.60. The van der Waals surface area contributed by atoms with Crippen LogP contribution in [0.25, 0.3) is 0 Å². The maximum Gasteiger partial charge on any atom is 0.216 e. The first-order chi connectivity index (χ1) is 7.00. The van der Waals surface area contributed by atoms with Crippen LogP contribution in [-0.2, 0) is 4.79 Å². The number of amides is 1. The van der Waals surface area contributed by atoms with E-state index in [4.69, 9.17) is 0 Å². The Bertz CT molecular complexity index is 340. The molecule has 15 heavy (non-hydrogen) atoms. The molecular formula is C9H14N2O3S. The molecule has 5 nitrogen and oxygen atoms in total. The van der Waals surface area contributed by atoms with Gasteiger partial charge in [-0.3, -0.25) is 4.79 Å². The van der Waals surface area contributed by atoms with Crippen LogP contribution in [0.4, 0.5) is 0 Å². The van der Waals surface area contributed by atoms with Crippen LogP contribution in [0.15, 0.2) is 6.20 Å². The third-order valence-electron chi connectivity index (χ3n) is 1.82. The van der Waals surface area contributed by atoms with Crippen LogP contribution in [0.3, 0.4) is 0 Å². The Kier molecular flexibility index (Phi) is 4.19. The summed E-state index contributed by atoms with van der Waals surface area (Å²) in [6.45, 7) is 3.25. The fourth-order valence-corrected chi connectivity index (χ4v) is 1.85. The van der Waals surface area contributed by atoms with Crippen molar-refractivity contribution in [2.75, 3.05) is 6.54 Å². The third-order valence-corrected chi connectivity index (χ3v) is 2.80. The molecule has 0 bridgehead atoms. The molecule has 0 aliphatic rings. The second-order valence-corrected chi connectivity index (χ2v) is 4.52. The zero-order valence-electron chi connectivity index (χ0n) is 8.60. The van der Waals surface area contributed by atoms with Crippen molar-refractivity contribution in [1.29, 1.82) is 0 Å². The van der Waals surface area contributed by atoms with Gasteiger partial charge in [0.2, 0.25) is 5.91 Å². The number of aryl methyl sites for hydroxylation is 1. The summed E-state index contributed by atoms with van der Waals surface area (Å²) >= 11 is 1.32. The van der Waals surface area contributed by atoms with E-state index in [1.54, 1.807) is 6.20 Å². The number of aliphatic hydroxyl groups is 2. The van der Waals surface area contributed by atoms with Crippen LogP contribution in [0, 0.1) is 6.92 Å². The summed E-state index contributed by atoms with van der Waals surface area (Å²) < 4.78 is 0. The van der Waals surface area contributed by atoms with Gasteiger partial charge in [0.15, 0.2) is 0 Å². The van der Waals surface area contributed by atoms with Crippen molar-refractivity contribution < 1.29 is 15.0 Å². The maximum absolute atomic E-state index is 10.6. The van der Waals surface area contributed by atoms with E-state index in [9.17, 15) is 15.0 Å². The number of aromatic nitrogens is 1. The van der Waals surface area contributed by atoms with Crippen LogP contribution in [0.5, 0.6) is 0 Å². The fourth-order valence-electron chi connectivity index (χ4n) is 1.03. The normalized spacial score (nSPS) is 14.7. The zero-order valence-corrected chi connectivity index (χ0v) is 9.41. The maximum atomic E-state index is 10.6. The monoisotopic (exact) mass is 230 g/mol. The average molecular weight is 230 g/mol. The van der Waals surface area contributed by atoms with Gasteiger partial charge in [0.1, 0.15) is 17.2 Å². The van der Waals surface area contributed by atoms with Crippen molar-refractivity contribution in [3.8, 4) is 0 Å². The highest BCUT2D eigenvalue weighted by Gasteiger charge is 2.21. The van der Waals surface area contributed by atoms with Gasteiger partial charge >= 0.3 is 0 Å². The molecule has 6 heteroatoms. The highest BCUT2D eigenvalue weighted by Crippen LogP contribution is 2.21. The summed E-state index contributed by atoms with van der Waals surface area (Å²) in [5.41, 5.74) is 0. The van der Waals surface area contributed by atoms with Crippen LogP contribution in [0.1, 0.15) is 22.9 Å². The van der Waals surface area contributed by atoms with Gasteiger partial charge in [-0.1, -0.05) is 0 Å². The molecule has 3 N–H and O–H groups in total. The Labute approximate surface area is 91.8 Å². The van der Waals surface area contributed by atoms with Crippen LogP contribution < -0.4 is 5.32 Å². The molecular weight excluding hydrogens is 216 g/mol. The summed E-state index contributed by atoms with van der Waals surface area (Å²) in [6, 6.07) is 0. The van der Waals surface area contributed by atoms with E-state index >= 15 is 0 Å². The Balaban J connectivity index is 2.52. The van der Waals surface area contributed by atoms with Crippen molar-refractivity contribution in [1.82, 2.24) is 10.3 Å². The minimum absolute atomic E-state index is 0.0229. The number of rotatable bonds is 4. The zero-order chi connectivity index (χ0) is 11.4. The van der Waals surface area contributed by atoms with Gasteiger partial charge in [-0.2, -0.15) is 0 Å². The van der Waals surface area contributed by atoms with Gasteiger partial charge in [-0.05, 0) is 6.92 Å². The Morgan fingerprint density at radius 2 is 2.33 bits per heavy atom. The first kappa shape index (κ1) is 12.1. The summed E-state index contributed by atoms with van der Waals surface area (Å²) in [7, 11) is 0. The molecule has 1 heterocycles. The molecule has 1 aromatic rings. The minimum Gasteiger partial charge on any atom is -0.388 e. The molecule has 0 saturated carbocycles. The molecule has 2 atom stereocenters. The smallest absolute Gasteiger partial charge is 0.216 e. The number of aliphatic hydroxyl groups excluding tert-OH is 2. The van der Waals surface area contributed by atoms with E-state index in [1.165, 1.54) is 18.3 Å². The molecule has 1 amide bonds. The quantitative estimate of drug-likeness (QED) is 0.679. The van der Waals surface area contributed by atoms with Crippen molar-refractivity contribution >= 4 is 17.2 Å². The molecule has 0 aliphatic heterocycles. The molecule has 1 aromatic heterocycles. The van der Waals surface area contributed by atoms with Gasteiger partial charge in [0.25, 0.3) is 0 Å². The van der Waals surface area contributed by atoms with Gasteiger partial charge in [-0.15, -0.1) is 11.3 Å². The second kappa shape index (κ2) is 5.20. The molecule has 0 spiro atoms. The third kappa shape index (κ3) is 3.58. The van der Waals surface area contributed by atoms with E-state index in [-0.39, 0.29) is 12.5 Å². The summed E-state index contributed by atoms with van der Waals surface area (Å²) in [4.78, 5) is 15.5. The standard InChI is InChI=1S/C9H14N2O3S/c1-5-3-11-9(15-5)8(14)7(13)4-10-6(2)12/h3,7-8,13-14H,4H2,1-2H3,(H,10,12). The molecule has 0 aromatic carbocycles. The summed E-state index contributed by atoms with van der Waals surface area (Å²) in [5, 5.41) is 22.1. The van der Waals surface area contributed by atoms with Crippen molar-refractivity contribution in [2.24, 2.45) is 0 Å². The van der Waals surface area contributed by atoms with E-state index in [0.29, 0.717) is 5.01 Å². The summed E-state index contributed by atoms with van der Waals surface area (Å²) in [6.07, 6.45) is -0.441. The highest BCUT2D eigenvalue weighted by molar-refractivity contribution is 7.11. The molecule has 1 rings (SSSR count). The number of hydrogen-bond donors (Lipinski definition) is 3. The number of thiazole rings is 1. The molecule has 0 saturated heterocycles. The van der Waals surface area contributed by atoms with E-state index < -0.39 is 12.2 Å². The van der Waals surface area contributed by atoms with Gasteiger partial charge in [0.05, 0.1) is 0 Å². The first-order valence-electron chi connectivity index (χ1n) is 4.53. The lowest BCUT2D eigenvalue weighted by molar-refractivity contribution is -0.119. The second-order valence-electron chi connectivity index (χ2n) is 3.26.